The SMILES string of the molecule is CCOc1ccc(C(=O)CCC(=O)N2C[C@H](C(=O)NC)Oc3ccccc32)cc1. The zero-order chi connectivity index (χ0) is 20.8. The first-order valence-corrected chi connectivity index (χ1v) is 9.57. The fraction of sp³-hybridized carbons (Fsp3) is 0.318. The van der Waals surface area contributed by atoms with Crippen LogP contribution in [-0.4, -0.2) is 43.9 Å². The summed E-state index contributed by atoms with van der Waals surface area (Å²) in [4.78, 5) is 38.9. The molecule has 0 saturated carbocycles. The van der Waals surface area contributed by atoms with E-state index in [0.29, 0.717) is 29.4 Å². The fourth-order valence-electron chi connectivity index (χ4n) is 3.17. The van der Waals surface area contributed by atoms with Gasteiger partial charge in [-0.25, -0.2) is 0 Å². The van der Waals surface area contributed by atoms with Crippen LogP contribution in [0.15, 0.2) is 48.5 Å². The van der Waals surface area contributed by atoms with Gasteiger partial charge in [0.2, 0.25) is 5.91 Å². The lowest BCUT2D eigenvalue weighted by atomic mass is 10.1. The molecule has 2 aromatic rings. The van der Waals surface area contributed by atoms with Crippen LogP contribution in [0.4, 0.5) is 5.69 Å². The van der Waals surface area contributed by atoms with Crippen molar-refractivity contribution >= 4 is 23.3 Å². The second kappa shape index (κ2) is 9.23. The molecule has 2 amide bonds. The highest BCUT2D eigenvalue weighted by Crippen LogP contribution is 2.33. The van der Waals surface area contributed by atoms with E-state index >= 15 is 0 Å². The van der Waals surface area contributed by atoms with E-state index in [-0.39, 0.29) is 37.0 Å². The lowest BCUT2D eigenvalue weighted by Gasteiger charge is -2.34. The number of nitrogens with zero attached hydrogens (tertiary/aromatic N) is 1. The lowest BCUT2D eigenvalue weighted by molar-refractivity contribution is -0.127. The summed E-state index contributed by atoms with van der Waals surface area (Å²) in [5, 5.41) is 2.54. The molecule has 152 valence electrons. The van der Waals surface area contributed by atoms with Crippen LogP contribution in [-0.2, 0) is 9.59 Å². The largest absolute Gasteiger partial charge is 0.494 e. The fourth-order valence-corrected chi connectivity index (χ4v) is 3.17. The number of likely N-dealkylation sites (N-methyl/N-ethyl adjacent to an activating group) is 1. The number of ketones is 1. The molecule has 0 unspecified atom stereocenters. The normalized spacial score (nSPS) is 15.1. The molecule has 0 saturated heterocycles. The van der Waals surface area contributed by atoms with Crippen molar-refractivity contribution < 1.29 is 23.9 Å². The molecule has 1 atom stereocenters. The number of rotatable bonds is 7. The van der Waals surface area contributed by atoms with Crippen molar-refractivity contribution in [3.05, 3.63) is 54.1 Å². The van der Waals surface area contributed by atoms with Gasteiger partial charge < -0.3 is 19.7 Å². The molecule has 0 bridgehead atoms. The lowest BCUT2D eigenvalue weighted by Crippen LogP contribution is -2.50. The standard InChI is InChI=1S/C22H24N2O5/c1-3-28-16-10-8-15(9-11-16)18(25)12-13-21(26)24-14-20(22(27)23-2)29-19-7-5-4-6-17(19)24/h4-11,20H,3,12-14H2,1-2H3,(H,23,27)/t20-/m1/s1. The molecular formula is C22H24N2O5. The van der Waals surface area contributed by atoms with Gasteiger partial charge in [0.15, 0.2) is 11.9 Å². The van der Waals surface area contributed by atoms with Gasteiger partial charge in [-0.1, -0.05) is 12.1 Å². The second-order valence-corrected chi connectivity index (χ2v) is 6.57. The van der Waals surface area contributed by atoms with Crippen molar-refractivity contribution in [2.75, 3.05) is 25.1 Å². The summed E-state index contributed by atoms with van der Waals surface area (Å²) >= 11 is 0. The molecular weight excluding hydrogens is 372 g/mol. The number of carbonyl (C=O) groups excluding carboxylic acids is 3. The Bertz CT molecular complexity index is 894. The third kappa shape index (κ3) is 4.74. The van der Waals surface area contributed by atoms with E-state index in [9.17, 15) is 14.4 Å². The molecule has 0 fully saturated rings. The summed E-state index contributed by atoms with van der Waals surface area (Å²) in [6.45, 7) is 2.55. The maximum Gasteiger partial charge on any atom is 0.262 e. The topological polar surface area (TPSA) is 84.9 Å². The Morgan fingerprint density at radius 2 is 1.83 bits per heavy atom. The van der Waals surface area contributed by atoms with Crippen LogP contribution in [0.3, 0.4) is 0 Å². The van der Waals surface area contributed by atoms with Gasteiger partial charge in [-0.05, 0) is 43.3 Å². The molecule has 0 aromatic heterocycles. The van der Waals surface area contributed by atoms with Gasteiger partial charge in [-0.3, -0.25) is 14.4 Å². The predicted octanol–water partition coefficient (Wildman–Crippen LogP) is 2.59. The van der Waals surface area contributed by atoms with Gasteiger partial charge in [0.05, 0.1) is 18.8 Å². The number of Topliss-reactive ketones (excluding diaryl/α,β-unsaturated/α-hetero) is 1. The maximum absolute atomic E-state index is 12.9. The Balaban J connectivity index is 1.67. The number of carbonyl (C=O) groups is 3. The van der Waals surface area contributed by atoms with E-state index in [1.807, 2.05) is 6.92 Å². The summed E-state index contributed by atoms with van der Waals surface area (Å²) in [7, 11) is 1.52. The Hall–Kier alpha value is -3.35. The van der Waals surface area contributed by atoms with Gasteiger partial charge in [0.25, 0.3) is 5.91 Å². The van der Waals surface area contributed by atoms with Crippen molar-refractivity contribution in [2.45, 2.75) is 25.9 Å². The summed E-state index contributed by atoms with van der Waals surface area (Å²) < 4.78 is 11.1. The molecule has 29 heavy (non-hydrogen) atoms. The number of benzene rings is 2. The molecule has 7 nitrogen and oxygen atoms in total. The number of hydrogen-bond donors (Lipinski definition) is 1. The van der Waals surface area contributed by atoms with E-state index in [4.69, 9.17) is 9.47 Å². The van der Waals surface area contributed by atoms with Crippen LogP contribution in [0.2, 0.25) is 0 Å². The van der Waals surface area contributed by atoms with Crippen LogP contribution in [0.1, 0.15) is 30.1 Å². The third-order valence-corrected chi connectivity index (χ3v) is 4.67. The van der Waals surface area contributed by atoms with E-state index in [0.717, 1.165) is 0 Å². The molecule has 2 aromatic carbocycles. The zero-order valence-electron chi connectivity index (χ0n) is 16.5. The highest BCUT2D eigenvalue weighted by atomic mass is 16.5. The molecule has 1 heterocycles. The summed E-state index contributed by atoms with van der Waals surface area (Å²) in [6.07, 6.45) is -0.668. The molecule has 7 heteroatoms. The average Bonchev–Trinajstić information content (AvgIpc) is 2.76. The van der Waals surface area contributed by atoms with E-state index < -0.39 is 6.10 Å². The molecule has 1 aliphatic heterocycles. The Morgan fingerprint density at radius 3 is 2.52 bits per heavy atom. The van der Waals surface area contributed by atoms with Crippen LogP contribution in [0, 0.1) is 0 Å². The van der Waals surface area contributed by atoms with Crippen molar-refractivity contribution in [3.8, 4) is 11.5 Å². The van der Waals surface area contributed by atoms with E-state index in [1.165, 1.54) is 11.9 Å². The summed E-state index contributed by atoms with van der Waals surface area (Å²) in [5.74, 6) is 0.520. The van der Waals surface area contributed by atoms with Crippen molar-refractivity contribution in [3.63, 3.8) is 0 Å². The Kier molecular flexibility index (Phi) is 6.49. The first-order chi connectivity index (χ1) is 14.0. The van der Waals surface area contributed by atoms with Crippen LogP contribution >= 0.6 is 0 Å². The Morgan fingerprint density at radius 1 is 1.10 bits per heavy atom. The number of fused-ring (bicyclic) bond motifs is 1. The molecule has 1 aliphatic rings. The number of para-hydroxylation sites is 2. The van der Waals surface area contributed by atoms with Crippen molar-refractivity contribution in [1.29, 1.82) is 0 Å². The highest BCUT2D eigenvalue weighted by molar-refractivity contribution is 6.02. The van der Waals surface area contributed by atoms with Gasteiger partial charge in [-0.15, -0.1) is 0 Å². The minimum absolute atomic E-state index is 0.0425. The van der Waals surface area contributed by atoms with Crippen molar-refractivity contribution in [2.24, 2.45) is 0 Å². The number of ether oxygens (including phenoxy) is 2. The Labute approximate surface area is 169 Å². The summed E-state index contributed by atoms with van der Waals surface area (Å²) in [6, 6.07) is 13.9. The number of nitrogens with one attached hydrogen (secondary N) is 1. The minimum atomic E-state index is -0.791. The first kappa shape index (κ1) is 20.4. The third-order valence-electron chi connectivity index (χ3n) is 4.67. The highest BCUT2D eigenvalue weighted by Gasteiger charge is 2.33. The minimum Gasteiger partial charge on any atom is -0.494 e. The number of anilines is 1. The number of amides is 2. The molecule has 0 radical (unpaired) electrons. The molecule has 1 N–H and O–H groups in total. The van der Waals surface area contributed by atoms with Gasteiger partial charge in [0.1, 0.15) is 11.5 Å². The van der Waals surface area contributed by atoms with Gasteiger partial charge >= 0.3 is 0 Å². The molecule has 0 spiro atoms. The van der Waals surface area contributed by atoms with Gasteiger partial charge in [0, 0.05) is 25.5 Å². The van der Waals surface area contributed by atoms with E-state index in [1.54, 1.807) is 48.5 Å². The maximum atomic E-state index is 12.9. The van der Waals surface area contributed by atoms with E-state index in [2.05, 4.69) is 5.32 Å². The second-order valence-electron chi connectivity index (χ2n) is 6.57. The summed E-state index contributed by atoms with van der Waals surface area (Å²) in [5.41, 5.74) is 1.14. The van der Waals surface area contributed by atoms with Crippen molar-refractivity contribution in [1.82, 2.24) is 5.32 Å². The smallest absolute Gasteiger partial charge is 0.262 e. The predicted molar refractivity (Wildman–Crippen MR) is 108 cm³/mol. The van der Waals surface area contributed by atoms with Crippen LogP contribution < -0.4 is 19.7 Å². The van der Waals surface area contributed by atoms with Crippen LogP contribution in [0.5, 0.6) is 11.5 Å². The molecule has 3 rings (SSSR count). The number of hydrogen-bond acceptors (Lipinski definition) is 5. The van der Waals surface area contributed by atoms with Gasteiger partial charge in [-0.2, -0.15) is 0 Å². The zero-order valence-corrected chi connectivity index (χ0v) is 16.5. The van der Waals surface area contributed by atoms with Crippen LogP contribution in [0.25, 0.3) is 0 Å². The average molecular weight is 396 g/mol. The monoisotopic (exact) mass is 396 g/mol. The molecule has 0 aliphatic carbocycles. The quantitative estimate of drug-likeness (QED) is 0.727. The first-order valence-electron chi connectivity index (χ1n) is 9.57.